The molecule has 3 N–H and O–H groups in total. The fourth-order valence-corrected chi connectivity index (χ4v) is 2.31. The van der Waals surface area contributed by atoms with Gasteiger partial charge in [0.05, 0.1) is 5.60 Å². The van der Waals surface area contributed by atoms with E-state index in [2.05, 4.69) is 10.6 Å². The molecule has 0 bridgehead atoms. The molecular formula is C10H20N2O2S. The Hall–Kier alpha value is -0.260. The van der Waals surface area contributed by atoms with Crippen LogP contribution in [0.4, 0.5) is 0 Å². The maximum absolute atomic E-state index is 11.5. The standard InChI is InChI=1S/C10H20N2O2S/c1-10(2,14)7-12-9(13)5-8-6-15-4-3-11-8/h8,11,14H,3-7H2,1-2H3,(H,12,13). The van der Waals surface area contributed by atoms with Crippen molar-refractivity contribution in [2.24, 2.45) is 0 Å². The van der Waals surface area contributed by atoms with Gasteiger partial charge in [0, 0.05) is 37.1 Å². The van der Waals surface area contributed by atoms with Crippen molar-refractivity contribution in [1.82, 2.24) is 10.6 Å². The number of aliphatic hydroxyl groups is 1. The largest absolute Gasteiger partial charge is 0.389 e. The zero-order valence-corrected chi connectivity index (χ0v) is 10.2. The zero-order chi connectivity index (χ0) is 11.3. The molecule has 5 heteroatoms. The number of amides is 1. The molecule has 0 aromatic carbocycles. The van der Waals surface area contributed by atoms with E-state index in [9.17, 15) is 9.90 Å². The van der Waals surface area contributed by atoms with Crippen molar-refractivity contribution in [2.75, 3.05) is 24.6 Å². The molecule has 1 heterocycles. The van der Waals surface area contributed by atoms with Gasteiger partial charge >= 0.3 is 0 Å². The van der Waals surface area contributed by atoms with Crippen LogP contribution in [0.15, 0.2) is 0 Å². The van der Waals surface area contributed by atoms with Crippen molar-refractivity contribution in [1.29, 1.82) is 0 Å². The number of rotatable bonds is 4. The van der Waals surface area contributed by atoms with Crippen molar-refractivity contribution in [3.63, 3.8) is 0 Å². The summed E-state index contributed by atoms with van der Waals surface area (Å²) in [6.07, 6.45) is 0.503. The van der Waals surface area contributed by atoms with Gasteiger partial charge in [0.1, 0.15) is 0 Å². The molecule has 0 spiro atoms. The smallest absolute Gasteiger partial charge is 0.221 e. The second-order valence-electron chi connectivity index (χ2n) is 4.52. The van der Waals surface area contributed by atoms with Gasteiger partial charge in [0.2, 0.25) is 5.91 Å². The Morgan fingerprint density at radius 3 is 2.93 bits per heavy atom. The van der Waals surface area contributed by atoms with Gasteiger partial charge in [-0.15, -0.1) is 0 Å². The number of hydrogen-bond acceptors (Lipinski definition) is 4. The minimum absolute atomic E-state index is 0.0112. The van der Waals surface area contributed by atoms with Gasteiger partial charge in [-0.2, -0.15) is 11.8 Å². The highest BCUT2D eigenvalue weighted by Gasteiger charge is 2.18. The minimum Gasteiger partial charge on any atom is -0.389 e. The van der Waals surface area contributed by atoms with E-state index < -0.39 is 5.60 Å². The number of carbonyl (C=O) groups excluding carboxylic acids is 1. The molecule has 0 aliphatic carbocycles. The number of nitrogens with one attached hydrogen (secondary N) is 2. The summed E-state index contributed by atoms with van der Waals surface area (Å²) in [5.41, 5.74) is -0.829. The molecule has 1 amide bonds. The molecule has 1 aliphatic heterocycles. The molecule has 1 saturated heterocycles. The maximum Gasteiger partial charge on any atom is 0.221 e. The lowest BCUT2D eigenvalue weighted by molar-refractivity contribution is -0.122. The quantitative estimate of drug-likeness (QED) is 0.637. The average molecular weight is 232 g/mol. The minimum atomic E-state index is -0.829. The summed E-state index contributed by atoms with van der Waals surface area (Å²) in [6.45, 7) is 4.66. The summed E-state index contributed by atoms with van der Waals surface area (Å²) in [7, 11) is 0. The molecule has 1 atom stereocenters. The van der Waals surface area contributed by atoms with Crippen LogP contribution in [0.3, 0.4) is 0 Å². The predicted octanol–water partition coefficient (Wildman–Crippen LogP) is -0.0314. The van der Waals surface area contributed by atoms with Crippen LogP contribution in [-0.2, 0) is 4.79 Å². The topological polar surface area (TPSA) is 61.4 Å². The number of carbonyl (C=O) groups is 1. The van der Waals surface area contributed by atoms with Crippen molar-refractivity contribution < 1.29 is 9.90 Å². The second kappa shape index (κ2) is 5.72. The Balaban J connectivity index is 2.17. The highest BCUT2D eigenvalue weighted by Crippen LogP contribution is 2.10. The Labute approximate surface area is 95.2 Å². The monoisotopic (exact) mass is 232 g/mol. The summed E-state index contributed by atoms with van der Waals surface area (Å²) in [6, 6.07) is 0.283. The SMILES string of the molecule is CC(C)(O)CNC(=O)CC1CSCCN1. The Kier molecular flexibility index (Phi) is 4.89. The van der Waals surface area contributed by atoms with Gasteiger partial charge in [-0.05, 0) is 13.8 Å². The van der Waals surface area contributed by atoms with Gasteiger partial charge in [0.15, 0.2) is 0 Å². The van der Waals surface area contributed by atoms with E-state index in [0.29, 0.717) is 13.0 Å². The van der Waals surface area contributed by atoms with E-state index in [1.54, 1.807) is 13.8 Å². The summed E-state index contributed by atoms with van der Waals surface area (Å²) in [5.74, 6) is 2.13. The molecule has 0 saturated carbocycles. The lowest BCUT2D eigenvalue weighted by Gasteiger charge is -2.23. The fourth-order valence-electron chi connectivity index (χ4n) is 1.36. The summed E-state index contributed by atoms with van der Waals surface area (Å²) in [4.78, 5) is 11.5. The Morgan fingerprint density at radius 2 is 2.40 bits per heavy atom. The van der Waals surface area contributed by atoms with E-state index in [-0.39, 0.29) is 11.9 Å². The maximum atomic E-state index is 11.5. The van der Waals surface area contributed by atoms with E-state index in [1.165, 1.54) is 0 Å². The molecule has 15 heavy (non-hydrogen) atoms. The van der Waals surface area contributed by atoms with Gasteiger partial charge in [0.25, 0.3) is 0 Å². The van der Waals surface area contributed by atoms with E-state index >= 15 is 0 Å². The third kappa shape index (κ3) is 6.02. The van der Waals surface area contributed by atoms with Crippen LogP contribution in [0.2, 0.25) is 0 Å². The third-order valence-corrected chi connectivity index (χ3v) is 3.28. The van der Waals surface area contributed by atoms with E-state index in [4.69, 9.17) is 0 Å². The number of thioether (sulfide) groups is 1. The lowest BCUT2D eigenvalue weighted by atomic mass is 10.1. The van der Waals surface area contributed by atoms with Crippen LogP contribution >= 0.6 is 11.8 Å². The Morgan fingerprint density at radius 1 is 1.67 bits per heavy atom. The van der Waals surface area contributed by atoms with Gasteiger partial charge < -0.3 is 15.7 Å². The van der Waals surface area contributed by atoms with Gasteiger partial charge in [-0.1, -0.05) is 0 Å². The van der Waals surface area contributed by atoms with Crippen LogP contribution in [0.5, 0.6) is 0 Å². The highest BCUT2D eigenvalue weighted by molar-refractivity contribution is 7.99. The first-order chi connectivity index (χ1) is 6.97. The van der Waals surface area contributed by atoms with E-state index in [1.807, 2.05) is 11.8 Å². The van der Waals surface area contributed by atoms with Crippen molar-refractivity contribution in [2.45, 2.75) is 31.9 Å². The number of hydrogen-bond donors (Lipinski definition) is 3. The van der Waals surface area contributed by atoms with Crippen molar-refractivity contribution in [3.8, 4) is 0 Å². The summed E-state index contributed by atoms with van der Waals surface area (Å²) < 4.78 is 0. The van der Waals surface area contributed by atoms with Gasteiger partial charge in [-0.3, -0.25) is 4.79 Å². The molecule has 88 valence electrons. The molecular weight excluding hydrogens is 212 g/mol. The molecule has 0 radical (unpaired) electrons. The molecule has 4 nitrogen and oxygen atoms in total. The Bertz CT molecular complexity index is 210. The normalized spacial score (nSPS) is 22.5. The molecule has 0 aromatic heterocycles. The first-order valence-electron chi connectivity index (χ1n) is 5.27. The zero-order valence-electron chi connectivity index (χ0n) is 9.38. The molecule has 1 aliphatic rings. The average Bonchev–Trinajstić information content (AvgIpc) is 2.15. The lowest BCUT2D eigenvalue weighted by Crippen LogP contribution is -2.44. The second-order valence-corrected chi connectivity index (χ2v) is 5.67. The molecule has 1 rings (SSSR count). The first kappa shape index (κ1) is 12.8. The predicted molar refractivity (Wildman–Crippen MR) is 63.0 cm³/mol. The van der Waals surface area contributed by atoms with Crippen LogP contribution < -0.4 is 10.6 Å². The van der Waals surface area contributed by atoms with Crippen LogP contribution in [0.25, 0.3) is 0 Å². The highest BCUT2D eigenvalue weighted by atomic mass is 32.2. The first-order valence-corrected chi connectivity index (χ1v) is 6.43. The van der Waals surface area contributed by atoms with Crippen LogP contribution in [0.1, 0.15) is 20.3 Å². The van der Waals surface area contributed by atoms with Crippen molar-refractivity contribution >= 4 is 17.7 Å². The van der Waals surface area contributed by atoms with Crippen LogP contribution in [-0.4, -0.2) is 47.3 Å². The third-order valence-electron chi connectivity index (χ3n) is 2.15. The summed E-state index contributed by atoms with van der Waals surface area (Å²) in [5, 5.41) is 15.5. The molecule has 1 fully saturated rings. The van der Waals surface area contributed by atoms with Gasteiger partial charge in [-0.25, -0.2) is 0 Å². The van der Waals surface area contributed by atoms with E-state index in [0.717, 1.165) is 18.1 Å². The fraction of sp³-hybridized carbons (Fsp3) is 0.900. The molecule has 0 aromatic rings. The van der Waals surface area contributed by atoms with Crippen LogP contribution in [0, 0.1) is 0 Å². The van der Waals surface area contributed by atoms with Crippen molar-refractivity contribution in [3.05, 3.63) is 0 Å². The summed E-state index contributed by atoms with van der Waals surface area (Å²) >= 11 is 1.88. The molecule has 1 unspecified atom stereocenters.